The molecule has 1 unspecified atom stereocenters. The molecule has 0 aromatic heterocycles. The summed E-state index contributed by atoms with van der Waals surface area (Å²) < 4.78 is 29.0. The number of likely N-dealkylation sites (tertiary alicyclic amines) is 1. The first-order chi connectivity index (χ1) is 22.2. The van der Waals surface area contributed by atoms with Crippen molar-refractivity contribution in [2.24, 2.45) is 5.92 Å². The minimum atomic E-state index is -1.17. The minimum absolute atomic E-state index is 0.0699. The van der Waals surface area contributed by atoms with Crippen LogP contribution in [0.1, 0.15) is 87.1 Å². The van der Waals surface area contributed by atoms with Gasteiger partial charge in [0.2, 0.25) is 5.91 Å². The molecule has 2 amide bonds. The molecule has 8 heteroatoms. The quantitative estimate of drug-likeness (QED) is 0.263. The first-order valence-electron chi connectivity index (χ1n) is 16.6. The summed E-state index contributed by atoms with van der Waals surface area (Å²) in [7, 11) is 0. The molecule has 242 valence electrons. The number of phenolic OH excluding ortho intramolecular Hbond substituents is 1. The van der Waals surface area contributed by atoms with E-state index in [1.54, 1.807) is 30.4 Å². The molecule has 0 spiro atoms. The normalized spacial score (nSPS) is 21.6. The van der Waals surface area contributed by atoms with Crippen LogP contribution in [0.2, 0.25) is 0 Å². The van der Waals surface area contributed by atoms with Crippen LogP contribution in [-0.2, 0) is 16.0 Å². The van der Waals surface area contributed by atoms with Gasteiger partial charge in [-0.2, -0.15) is 0 Å². The SMILES string of the molecule is CCC1=C(C(=O)NCC(=C2CCC2)N2C[C@H](F)CC2C(=O)N[C@@H](C)c2cc(O)ccc2/C=C/C2CC2)C=Cc2cc(F)ccc2C1. The number of allylic oxidation sites excluding steroid dienone is 3. The summed E-state index contributed by atoms with van der Waals surface area (Å²) in [5, 5.41) is 16.4. The fourth-order valence-electron chi connectivity index (χ4n) is 6.72. The topological polar surface area (TPSA) is 81.7 Å². The second-order valence-corrected chi connectivity index (χ2v) is 13.1. The Kier molecular flexibility index (Phi) is 9.43. The standard InChI is InChI=1S/C38H43F2N3O3/c1-3-25-17-28-11-14-30(39)18-29(28)13-16-33(25)37(45)41-21-36(27-5-4-6-27)43-22-31(40)19-35(43)38(46)42-23(2)34-20-32(44)15-12-26(34)10-9-24-7-8-24/h9-16,18,20,23-24,31,35,44H,3-8,17,19,21-22H2,1-2H3,(H,41,45)(H,42,46)/b10-9+/t23-,31+,35?/m0/s1. The van der Waals surface area contributed by atoms with Gasteiger partial charge in [0.15, 0.2) is 0 Å². The number of carbonyl (C=O) groups is 2. The molecule has 3 N–H and O–H groups in total. The van der Waals surface area contributed by atoms with Crippen molar-refractivity contribution in [1.29, 1.82) is 0 Å². The van der Waals surface area contributed by atoms with Crippen molar-refractivity contribution in [3.8, 4) is 5.75 Å². The Morgan fingerprint density at radius 2 is 1.93 bits per heavy atom. The number of amides is 2. The second-order valence-electron chi connectivity index (χ2n) is 13.1. The first-order valence-corrected chi connectivity index (χ1v) is 16.6. The van der Waals surface area contributed by atoms with E-state index in [9.17, 15) is 19.1 Å². The lowest BCUT2D eigenvalue weighted by Gasteiger charge is -2.34. The zero-order chi connectivity index (χ0) is 32.4. The molecule has 3 fully saturated rings. The summed E-state index contributed by atoms with van der Waals surface area (Å²) in [5.74, 6) is -0.115. The van der Waals surface area contributed by atoms with Gasteiger partial charge < -0.3 is 20.6 Å². The lowest BCUT2D eigenvalue weighted by Crippen LogP contribution is -2.46. The minimum Gasteiger partial charge on any atom is -0.508 e. The molecule has 6 nitrogen and oxygen atoms in total. The van der Waals surface area contributed by atoms with Gasteiger partial charge in [-0.15, -0.1) is 0 Å². The van der Waals surface area contributed by atoms with Gasteiger partial charge >= 0.3 is 0 Å². The maximum absolute atomic E-state index is 15.1. The maximum Gasteiger partial charge on any atom is 0.251 e. The van der Waals surface area contributed by atoms with Crippen molar-refractivity contribution < 1.29 is 23.5 Å². The van der Waals surface area contributed by atoms with Gasteiger partial charge in [0, 0.05) is 24.2 Å². The van der Waals surface area contributed by atoms with Crippen molar-refractivity contribution in [2.45, 2.75) is 83.5 Å². The predicted molar refractivity (Wildman–Crippen MR) is 177 cm³/mol. The molecule has 1 aliphatic heterocycles. The first kappa shape index (κ1) is 31.8. The number of alkyl halides is 1. The van der Waals surface area contributed by atoms with Crippen LogP contribution < -0.4 is 10.6 Å². The van der Waals surface area contributed by atoms with Crippen LogP contribution in [0.15, 0.2) is 71.0 Å². The fourth-order valence-corrected chi connectivity index (χ4v) is 6.72. The summed E-state index contributed by atoms with van der Waals surface area (Å²) >= 11 is 0. The summed E-state index contributed by atoms with van der Waals surface area (Å²) in [6.07, 6.45) is 13.0. The van der Waals surface area contributed by atoms with E-state index in [1.165, 1.54) is 25.0 Å². The average molecular weight is 628 g/mol. The maximum atomic E-state index is 15.1. The third-order valence-electron chi connectivity index (χ3n) is 9.74. The zero-order valence-corrected chi connectivity index (χ0v) is 26.6. The van der Waals surface area contributed by atoms with Crippen LogP contribution >= 0.6 is 0 Å². The Labute approximate surface area is 270 Å². The van der Waals surface area contributed by atoms with Crippen LogP contribution in [0.25, 0.3) is 12.2 Å². The fraction of sp³-hybridized carbons (Fsp3) is 0.421. The van der Waals surface area contributed by atoms with Crippen molar-refractivity contribution >= 4 is 24.0 Å². The van der Waals surface area contributed by atoms with Gasteiger partial charge in [-0.05, 0) is 116 Å². The summed E-state index contributed by atoms with van der Waals surface area (Å²) in [6.45, 7) is 4.17. The van der Waals surface area contributed by atoms with E-state index in [4.69, 9.17) is 0 Å². The monoisotopic (exact) mass is 627 g/mol. The Morgan fingerprint density at radius 3 is 2.65 bits per heavy atom. The molecule has 3 aliphatic carbocycles. The number of rotatable bonds is 10. The highest BCUT2D eigenvalue weighted by Gasteiger charge is 2.40. The van der Waals surface area contributed by atoms with Crippen molar-refractivity contribution in [3.05, 3.63) is 99.0 Å². The molecule has 0 radical (unpaired) electrons. The van der Waals surface area contributed by atoms with Gasteiger partial charge in [0.25, 0.3) is 5.91 Å². The Hall–Kier alpha value is -4.20. The lowest BCUT2D eigenvalue weighted by atomic mass is 9.89. The predicted octanol–water partition coefficient (Wildman–Crippen LogP) is 7.07. The number of aromatic hydroxyl groups is 1. The Morgan fingerprint density at radius 1 is 1.13 bits per heavy atom. The Balaban J connectivity index is 1.18. The van der Waals surface area contributed by atoms with Crippen molar-refractivity contribution in [1.82, 2.24) is 15.5 Å². The Bertz CT molecular complexity index is 1630. The number of halogens is 2. The van der Waals surface area contributed by atoms with Gasteiger partial charge in [-0.25, -0.2) is 8.78 Å². The van der Waals surface area contributed by atoms with Crippen LogP contribution in [0.5, 0.6) is 5.75 Å². The van der Waals surface area contributed by atoms with Gasteiger partial charge in [0.1, 0.15) is 23.8 Å². The number of carbonyl (C=O) groups excluding carboxylic acids is 2. The zero-order valence-electron chi connectivity index (χ0n) is 26.6. The number of benzene rings is 2. The van der Waals surface area contributed by atoms with E-state index in [0.717, 1.165) is 58.4 Å². The summed E-state index contributed by atoms with van der Waals surface area (Å²) in [5.41, 5.74) is 6.96. The number of nitrogens with one attached hydrogen (secondary N) is 2. The van der Waals surface area contributed by atoms with Gasteiger partial charge in [-0.1, -0.05) is 42.9 Å². The molecule has 6 rings (SSSR count). The van der Waals surface area contributed by atoms with E-state index in [0.29, 0.717) is 24.3 Å². The second kappa shape index (κ2) is 13.7. The van der Waals surface area contributed by atoms with E-state index in [2.05, 4.69) is 22.8 Å². The summed E-state index contributed by atoms with van der Waals surface area (Å²) in [4.78, 5) is 29.2. The van der Waals surface area contributed by atoms with Crippen LogP contribution in [0, 0.1) is 11.7 Å². The molecule has 1 saturated heterocycles. The number of phenols is 1. The lowest BCUT2D eigenvalue weighted by molar-refractivity contribution is -0.125. The van der Waals surface area contributed by atoms with Crippen LogP contribution in [0.3, 0.4) is 0 Å². The highest BCUT2D eigenvalue weighted by molar-refractivity contribution is 5.98. The number of hydrogen-bond acceptors (Lipinski definition) is 4. The highest BCUT2D eigenvalue weighted by Crippen LogP contribution is 2.36. The third-order valence-corrected chi connectivity index (χ3v) is 9.74. The van der Waals surface area contributed by atoms with Crippen LogP contribution in [0.4, 0.5) is 8.78 Å². The van der Waals surface area contributed by atoms with Crippen LogP contribution in [-0.4, -0.2) is 47.1 Å². The van der Waals surface area contributed by atoms with E-state index >= 15 is 4.39 Å². The smallest absolute Gasteiger partial charge is 0.251 e. The molecule has 3 atom stereocenters. The van der Waals surface area contributed by atoms with Gasteiger partial charge in [-0.3, -0.25) is 9.59 Å². The van der Waals surface area contributed by atoms with Crippen molar-refractivity contribution in [3.63, 3.8) is 0 Å². The van der Waals surface area contributed by atoms with Gasteiger partial charge in [0.05, 0.1) is 12.6 Å². The van der Waals surface area contributed by atoms with E-state index in [-0.39, 0.29) is 42.9 Å². The summed E-state index contributed by atoms with van der Waals surface area (Å²) in [6, 6.07) is 8.75. The molecule has 2 aromatic carbocycles. The molecular weight excluding hydrogens is 584 g/mol. The number of hydrogen-bond donors (Lipinski definition) is 3. The highest BCUT2D eigenvalue weighted by atomic mass is 19.1. The number of nitrogens with zero attached hydrogens (tertiary/aromatic N) is 1. The van der Waals surface area contributed by atoms with Crippen molar-refractivity contribution in [2.75, 3.05) is 13.1 Å². The van der Waals surface area contributed by atoms with E-state index in [1.807, 2.05) is 24.8 Å². The number of fused-ring (bicyclic) bond motifs is 1. The largest absolute Gasteiger partial charge is 0.508 e. The molecule has 0 bridgehead atoms. The molecule has 2 aromatic rings. The molecule has 46 heavy (non-hydrogen) atoms. The molecular formula is C38H43F2N3O3. The average Bonchev–Trinajstić information content (AvgIpc) is 3.79. The van der Waals surface area contributed by atoms with E-state index < -0.39 is 18.3 Å². The molecule has 1 heterocycles. The molecule has 4 aliphatic rings. The molecule has 2 saturated carbocycles. The third kappa shape index (κ3) is 7.11.